The Bertz CT molecular complexity index is 512. The van der Waals surface area contributed by atoms with Gasteiger partial charge in [-0.05, 0) is 42.9 Å². The Hall–Kier alpha value is -1.61. The summed E-state index contributed by atoms with van der Waals surface area (Å²) >= 11 is 0. The molecule has 18 heavy (non-hydrogen) atoms. The molecule has 1 aromatic carbocycles. The highest BCUT2D eigenvalue weighted by Gasteiger charge is 2.27. The van der Waals surface area contributed by atoms with Gasteiger partial charge in [0.25, 0.3) is 0 Å². The van der Waals surface area contributed by atoms with Crippen LogP contribution in [0.25, 0.3) is 0 Å². The summed E-state index contributed by atoms with van der Waals surface area (Å²) in [5.41, 5.74) is 10.9. The third kappa shape index (κ3) is 2.06. The number of benzene rings is 1. The van der Waals surface area contributed by atoms with Gasteiger partial charge in [-0.2, -0.15) is 0 Å². The van der Waals surface area contributed by atoms with E-state index in [4.69, 9.17) is 11.1 Å². The fourth-order valence-corrected chi connectivity index (χ4v) is 2.56. The molecule has 4 N–H and O–H groups in total. The average Bonchev–Trinajstić information content (AvgIpc) is 3.24. The van der Waals surface area contributed by atoms with Crippen molar-refractivity contribution in [2.75, 3.05) is 18.8 Å². The minimum atomic E-state index is 0.585. The Labute approximate surface area is 108 Å². The fraction of sp³-hybridized carbons (Fsp3) is 0.400. The maximum atomic E-state index is 8.33. The molecule has 1 fully saturated rings. The van der Waals surface area contributed by atoms with Crippen LogP contribution < -0.4 is 11.1 Å². The summed E-state index contributed by atoms with van der Waals surface area (Å²) in [7, 11) is 0. The zero-order valence-corrected chi connectivity index (χ0v) is 10.5. The largest absolute Gasteiger partial charge is 0.398 e. The molecule has 3 heteroatoms. The summed E-state index contributed by atoms with van der Waals surface area (Å²) in [4.78, 5) is 0. The summed E-state index contributed by atoms with van der Waals surface area (Å²) in [5.74, 6) is 0.635. The molecule has 0 aromatic heterocycles. The topological polar surface area (TPSA) is 61.9 Å². The standard InChI is InChI=1S/C15H19N3/c16-14(11-3-2-8-18-9-11)13-5-1-4-12(15(13)17)10-6-7-10/h1,3-5,10,16,18H,2,6-9,17H2. The van der Waals surface area contributed by atoms with E-state index in [9.17, 15) is 0 Å². The van der Waals surface area contributed by atoms with Crippen LogP contribution >= 0.6 is 0 Å². The van der Waals surface area contributed by atoms with Crippen LogP contribution in [0.4, 0.5) is 5.69 Å². The molecule has 0 radical (unpaired) electrons. The van der Waals surface area contributed by atoms with Gasteiger partial charge in [0.2, 0.25) is 0 Å². The van der Waals surface area contributed by atoms with E-state index in [2.05, 4.69) is 17.5 Å². The van der Waals surface area contributed by atoms with Gasteiger partial charge >= 0.3 is 0 Å². The molecular weight excluding hydrogens is 222 g/mol. The van der Waals surface area contributed by atoms with Gasteiger partial charge in [-0.3, -0.25) is 5.41 Å². The van der Waals surface area contributed by atoms with Crippen LogP contribution in [-0.4, -0.2) is 18.8 Å². The number of nitrogens with two attached hydrogens (primary N) is 1. The molecule has 1 aliphatic heterocycles. The maximum absolute atomic E-state index is 8.33. The van der Waals surface area contributed by atoms with E-state index in [1.807, 2.05) is 12.1 Å². The van der Waals surface area contributed by atoms with Crippen molar-refractivity contribution >= 4 is 11.4 Å². The van der Waals surface area contributed by atoms with E-state index >= 15 is 0 Å². The maximum Gasteiger partial charge on any atom is 0.0674 e. The molecule has 0 saturated heterocycles. The van der Waals surface area contributed by atoms with Crippen LogP contribution in [-0.2, 0) is 0 Å². The molecule has 2 aliphatic rings. The SMILES string of the molecule is N=C(C1=CCCNC1)c1cccc(C2CC2)c1N. The van der Waals surface area contributed by atoms with Crippen molar-refractivity contribution in [1.82, 2.24) is 5.32 Å². The molecule has 1 heterocycles. The van der Waals surface area contributed by atoms with E-state index in [1.165, 1.54) is 18.4 Å². The van der Waals surface area contributed by atoms with Crippen molar-refractivity contribution in [1.29, 1.82) is 5.41 Å². The molecule has 94 valence electrons. The lowest BCUT2D eigenvalue weighted by atomic mass is 9.95. The number of hydrogen-bond acceptors (Lipinski definition) is 3. The summed E-state index contributed by atoms with van der Waals surface area (Å²) in [6.45, 7) is 1.79. The quantitative estimate of drug-likeness (QED) is 0.562. The monoisotopic (exact) mass is 241 g/mol. The minimum absolute atomic E-state index is 0.585. The lowest BCUT2D eigenvalue weighted by Crippen LogP contribution is -2.26. The molecule has 3 nitrogen and oxygen atoms in total. The molecule has 0 amide bonds. The Kier molecular flexibility index (Phi) is 2.92. The average molecular weight is 241 g/mol. The van der Waals surface area contributed by atoms with Crippen molar-refractivity contribution in [3.8, 4) is 0 Å². The van der Waals surface area contributed by atoms with Gasteiger partial charge in [0.15, 0.2) is 0 Å². The second-order valence-corrected chi connectivity index (χ2v) is 5.15. The van der Waals surface area contributed by atoms with Gasteiger partial charge in [0.1, 0.15) is 0 Å². The highest BCUT2D eigenvalue weighted by Crippen LogP contribution is 2.43. The predicted octanol–water partition coefficient (Wildman–Crippen LogP) is 2.43. The molecule has 1 aliphatic carbocycles. The second-order valence-electron chi connectivity index (χ2n) is 5.15. The minimum Gasteiger partial charge on any atom is -0.398 e. The van der Waals surface area contributed by atoms with E-state index in [1.54, 1.807) is 0 Å². The smallest absolute Gasteiger partial charge is 0.0674 e. The highest BCUT2D eigenvalue weighted by atomic mass is 14.9. The van der Waals surface area contributed by atoms with Crippen LogP contribution in [0.15, 0.2) is 29.8 Å². The molecule has 1 aromatic rings. The number of hydrogen-bond donors (Lipinski definition) is 3. The van der Waals surface area contributed by atoms with E-state index < -0.39 is 0 Å². The third-order valence-electron chi connectivity index (χ3n) is 3.77. The van der Waals surface area contributed by atoms with Gasteiger partial charge in [0, 0.05) is 17.8 Å². The summed E-state index contributed by atoms with van der Waals surface area (Å²) in [6.07, 6.45) is 5.64. The van der Waals surface area contributed by atoms with Crippen LogP contribution in [0, 0.1) is 5.41 Å². The van der Waals surface area contributed by atoms with Gasteiger partial charge in [-0.15, -0.1) is 0 Å². The zero-order chi connectivity index (χ0) is 12.5. The molecule has 0 atom stereocenters. The van der Waals surface area contributed by atoms with Crippen molar-refractivity contribution in [2.45, 2.75) is 25.2 Å². The van der Waals surface area contributed by atoms with Crippen molar-refractivity contribution in [3.63, 3.8) is 0 Å². The third-order valence-corrected chi connectivity index (χ3v) is 3.77. The number of nitrogen functional groups attached to an aromatic ring is 1. The lowest BCUT2D eigenvalue weighted by molar-refractivity contribution is 0.716. The second kappa shape index (κ2) is 4.58. The van der Waals surface area contributed by atoms with E-state index in [0.29, 0.717) is 11.6 Å². The van der Waals surface area contributed by atoms with Crippen molar-refractivity contribution in [2.24, 2.45) is 0 Å². The fourth-order valence-electron chi connectivity index (χ4n) is 2.56. The Morgan fingerprint density at radius 1 is 1.33 bits per heavy atom. The first-order valence-electron chi connectivity index (χ1n) is 6.65. The Balaban J connectivity index is 1.93. The first-order valence-corrected chi connectivity index (χ1v) is 6.65. The summed E-state index contributed by atoms with van der Waals surface area (Å²) in [5, 5.41) is 11.6. The van der Waals surface area contributed by atoms with Crippen LogP contribution in [0.3, 0.4) is 0 Å². The van der Waals surface area contributed by atoms with Crippen LogP contribution in [0.5, 0.6) is 0 Å². The number of anilines is 1. The Morgan fingerprint density at radius 3 is 2.83 bits per heavy atom. The summed E-state index contributed by atoms with van der Waals surface area (Å²) < 4.78 is 0. The zero-order valence-electron chi connectivity index (χ0n) is 10.5. The van der Waals surface area contributed by atoms with Gasteiger partial charge in [-0.1, -0.05) is 24.3 Å². The first-order chi connectivity index (χ1) is 8.77. The molecule has 1 saturated carbocycles. The van der Waals surface area contributed by atoms with Crippen molar-refractivity contribution in [3.05, 3.63) is 41.0 Å². The lowest BCUT2D eigenvalue weighted by Gasteiger charge is -2.17. The normalized spacial score (nSPS) is 19.4. The highest BCUT2D eigenvalue weighted by molar-refractivity contribution is 6.14. The van der Waals surface area contributed by atoms with Crippen LogP contribution in [0.1, 0.15) is 36.3 Å². The van der Waals surface area contributed by atoms with Crippen LogP contribution in [0.2, 0.25) is 0 Å². The van der Waals surface area contributed by atoms with Gasteiger partial charge in [0.05, 0.1) is 5.71 Å². The van der Waals surface area contributed by atoms with E-state index in [0.717, 1.165) is 36.3 Å². The van der Waals surface area contributed by atoms with Crippen molar-refractivity contribution < 1.29 is 0 Å². The number of para-hydroxylation sites is 1. The predicted molar refractivity (Wildman–Crippen MR) is 75.2 cm³/mol. The molecular formula is C15H19N3. The first kappa shape index (κ1) is 11.5. The molecule has 3 rings (SSSR count). The van der Waals surface area contributed by atoms with Gasteiger partial charge < -0.3 is 11.1 Å². The number of nitrogens with one attached hydrogen (secondary N) is 2. The number of rotatable bonds is 3. The van der Waals surface area contributed by atoms with E-state index in [-0.39, 0.29) is 0 Å². The molecule has 0 bridgehead atoms. The van der Waals surface area contributed by atoms with Gasteiger partial charge in [-0.25, -0.2) is 0 Å². The Morgan fingerprint density at radius 2 is 2.17 bits per heavy atom. The molecule has 0 unspecified atom stereocenters. The summed E-state index contributed by atoms with van der Waals surface area (Å²) in [6, 6.07) is 6.11. The molecule has 0 spiro atoms.